The first kappa shape index (κ1) is 14.8. The maximum absolute atomic E-state index is 5.97. The van der Waals surface area contributed by atoms with Crippen LogP contribution < -0.4 is 10.5 Å². The third-order valence-corrected chi connectivity index (χ3v) is 4.69. The standard InChI is InChI=1S/C16H26NOP/c17-10-9-16(19)14-7-4-8-15(11-14)18-12-13-5-2-1-3-6-13/h4,7-8,11,13,16H,1-3,5-6,9-10,12,17,19H2/t16-/m0/s1. The van der Waals surface area contributed by atoms with Crippen LogP contribution in [-0.4, -0.2) is 13.2 Å². The zero-order valence-electron chi connectivity index (χ0n) is 11.7. The fraction of sp³-hybridized carbons (Fsp3) is 0.625. The number of hydrogen-bond donors (Lipinski definition) is 1. The molecule has 0 amide bonds. The fourth-order valence-electron chi connectivity index (χ4n) is 2.75. The van der Waals surface area contributed by atoms with E-state index in [1.165, 1.54) is 37.7 Å². The minimum Gasteiger partial charge on any atom is -0.493 e. The molecule has 106 valence electrons. The minimum absolute atomic E-state index is 0.434. The molecule has 2 nitrogen and oxygen atoms in total. The minimum atomic E-state index is 0.434. The molecule has 19 heavy (non-hydrogen) atoms. The lowest BCUT2D eigenvalue weighted by Crippen LogP contribution is -2.15. The van der Waals surface area contributed by atoms with E-state index >= 15 is 0 Å². The van der Waals surface area contributed by atoms with Gasteiger partial charge in [0.2, 0.25) is 0 Å². The molecular formula is C16H26NOP. The summed E-state index contributed by atoms with van der Waals surface area (Å²) in [4.78, 5) is 0. The molecule has 1 aliphatic carbocycles. The van der Waals surface area contributed by atoms with Crippen molar-refractivity contribution in [1.29, 1.82) is 0 Å². The highest BCUT2D eigenvalue weighted by Crippen LogP contribution is 2.29. The van der Waals surface area contributed by atoms with Crippen LogP contribution >= 0.6 is 9.24 Å². The second kappa shape index (κ2) is 7.87. The number of benzene rings is 1. The van der Waals surface area contributed by atoms with Gasteiger partial charge >= 0.3 is 0 Å². The summed E-state index contributed by atoms with van der Waals surface area (Å²) in [5.41, 5.74) is 7.35. The third kappa shape index (κ3) is 4.78. The second-order valence-electron chi connectivity index (χ2n) is 5.57. The molecule has 1 aromatic rings. The van der Waals surface area contributed by atoms with E-state index in [0.717, 1.165) is 31.2 Å². The molecular weight excluding hydrogens is 253 g/mol. The lowest BCUT2D eigenvalue weighted by Gasteiger charge is -2.22. The largest absolute Gasteiger partial charge is 0.493 e. The van der Waals surface area contributed by atoms with E-state index in [9.17, 15) is 0 Å². The molecule has 0 aliphatic heterocycles. The molecule has 0 spiro atoms. The van der Waals surface area contributed by atoms with Gasteiger partial charge in [0.15, 0.2) is 0 Å². The molecule has 1 fully saturated rings. The molecule has 0 heterocycles. The molecule has 0 saturated heterocycles. The quantitative estimate of drug-likeness (QED) is 0.801. The second-order valence-corrected chi connectivity index (χ2v) is 6.38. The van der Waals surface area contributed by atoms with E-state index in [4.69, 9.17) is 10.5 Å². The molecule has 0 aromatic heterocycles. The van der Waals surface area contributed by atoms with Gasteiger partial charge in [-0.25, -0.2) is 0 Å². The maximum atomic E-state index is 5.97. The summed E-state index contributed by atoms with van der Waals surface area (Å²) in [6.07, 6.45) is 7.81. The Hall–Kier alpha value is -0.590. The molecule has 1 aliphatic rings. The smallest absolute Gasteiger partial charge is 0.119 e. The van der Waals surface area contributed by atoms with Crippen molar-refractivity contribution in [1.82, 2.24) is 0 Å². The molecule has 2 rings (SSSR count). The van der Waals surface area contributed by atoms with Crippen molar-refractivity contribution in [3.05, 3.63) is 29.8 Å². The Kier molecular flexibility index (Phi) is 6.13. The van der Waals surface area contributed by atoms with E-state index in [2.05, 4.69) is 33.5 Å². The lowest BCUT2D eigenvalue weighted by atomic mass is 9.90. The average Bonchev–Trinajstić information content (AvgIpc) is 2.47. The van der Waals surface area contributed by atoms with Crippen molar-refractivity contribution in [2.24, 2.45) is 11.7 Å². The van der Waals surface area contributed by atoms with E-state index < -0.39 is 0 Å². The van der Waals surface area contributed by atoms with Crippen molar-refractivity contribution in [3.63, 3.8) is 0 Å². The normalized spacial score (nSPS) is 18.2. The highest BCUT2D eigenvalue weighted by atomic mass is 31.0. The molecule has 2 N–H and O–H groups in total. The van der Waals surface area contributed by atoms with Gasteiger partial charge in [-0.1, -0.05) is 31.4 Å². The van der Waals surface area contributed by atoms with Gasteiger partial charge in [-0.3, -0.25) is 0 Å². The lowest BCUT2D eigenvalue weighted by molar-refractivity contribution is 0.208. The number of rotatable bonds is 6. The van der Waals surface area contributed by atoms with E-state index in [1.54, 1.807) is 0 Å². The molecule has 1 aromatic carbocycles. The van der Waals surface area contributed by atoms with E-state index in [-0.39, 0.29) is 0 Å². The molecule has 3 heteroatoms. The maximum Gasteiger partial charge on any atom is 0.119 e. The van der Waals surface area contributed by atoms with Gasteiger partial charge in [0.1, 0.15) is 5.75 Å². The van der Waals surface area contributed by atoms with Crippen LogP contribution in [-0.2, 0) is 0 Å². The predicted octanol–water partition coefficient (Wildman–Crippen LogP) is 3.91. The molecule has 1 saturated carbocycles. The van der Waals surface area contributed by atoms with Crippen LogP contribution in [0, 0.1) is 5.92 Å². The molecule has 0 radical (unpaired) electrons. The summed E-state index contributed by atoms with van der Waals surface area (Å²) < 4.78 is 5.97. The van der Waals surface area contributed by atoms with Crippen LogP contribution in [0.3, 0.4) is 0 Å². The predicted molar refractivity (Wildman–Crippen MR) is 84.6 cm³/mol. The zero-order chi connectivity index (χ0) is 13.5. The topological polar surface area (TPSA) is 35.2 Å². The Balaban J connectivity index is 1.87. The van der Waals surface area contributed by atoms with Gasteiger partial charge in [-0.15, -0.1) is 9.24 Å². The Labute approximate surface area is 119 Å². The van der Waals surface area contributed by atoms with Gasteiger partial charge in [0.25, 0.3) is 0 Å². The molecule has 1 unspecified atom stereocenters. The third-order valence-electron chi connectivity index (χ3n) is 3.97. The number of nitrogens with two attached hydrogens (primary N) is 1. The van der Waals surface area contributed by atoms with Crippen LogP contribution in [0.5, 0.6) is 5.75 Å². The average molecular weight is 279 g/mol. The van der Waals surface area contributed by atoms with Crippen molar-refractivity contribution in [2.75, 3.05) is 13.2 Å². The van der Waals surface area contributed by atoms with Crippen LogP contribution in [0.2, 0.25) is 0 Å². The van der Waals surface area contributed by atoms with Gasteiger partial charge in [0, 0.05) is 0 Å². The molecule has 2 atom stereocenters. The number of ether oxygens (including phenoxy) is 1. The summed E-state index contributed by atoms with van der Waals surface area (Å²) in [5.74, 6) is 1.76. The van der Waals surface area contributed by atoms with E-state index in [0.29, 0.717) is 5.66 Å². The van der Waals surface area contributed by atoms with Crippen molar-refractivity contribution < 1.29 is 4.74 Å². The Bertz CT molecular complexity index is 377. The van der Waals surface area contributed by atoms with Crippen molar-refractivity contribution in [3.8, 4) is 5.75 Å². The van der Waals surface area contributed by atoms with Crippen LogP contribution in [0.1, 0.15) is 49.7 Å². The van der Waals surface area contributed by atoms with Crippen LogP contribution in [0.25, 0.3) is 0 Å². The zero-order valence-corrected chi connectivity index (χ0v) is 12.8. The summed E-state index contributed by atoms with van der Waals surface area (Å²) >= 11 is 0. The van der Waals surface area contributed by atoms with Crippen molar-refractivity contribution in [2.45, 2.75) is 44.2 Å². The first-order chi connectivity index (χ1) is 9.29. The Morgan fingerprint density at radius 3 is 2.79 bits per heavy atom. The SMILES string of the molecule is NCC[C@H](P)c1cccc(OCC2CCCCC2)c1. The molecule has 0 bridgehead atoms. The first-order valence-corrected chi connectivity index (χ1v) is 8.14. The fourth-order valence-corrected chi connectivity index (χ4v) is 3.15. The van der Waals surface area contributed by atoms with Gasteiger partial charge in [-0.2, -0.15) is 0 Å². The first-order valence-electron chi connectivity index (χ1n) is 7.48. The Morgan fingerprint density at radius 2 is 2.05 bits per heavy atom. The summed E-state index contributed by atoms with van der Waals surface area (Å²) in [7, 11) is 2.87. The van der Waals surface area contributed by atoms with Crippen LogP contribution in [0.15, 0.2) is 24.3 Å². The highest BCUT2D eigenvalue weighted by molar-refractivity contribution is 7.17. The summed E-state index contributed by atoms with van der Waals surface area (Å²) in [6, 6.07) is 8.46. The van der Waals surface area contributed by atoms with Crippen LogP contribution in [0.4, 0.5) is 0 Å². The summed E-state index contributed by atoms with van der Waals surface area (Å²) in [6.45, 7) is 1.60. The monoisotopic (exact) mass is 279 g/mol. The van der Waals surface area contributed by atoms with Gasteiger partial charge < -0.3 is 10.5 Å². The van der Waals surface area contributed by atoms with Gasteiger partial charge in [-0.05, 0) is 55.1 Å². The number of hydrogen-bond acceptors (Lipinski definition) is 2. The Morgan fingerprint density at radius 1 is 1.26 bits per heavy atom. The van der Waals surface area contributed by atoms with Gasteiger partial charge in [0.05, 0.1) is 6.61 Å². The highest BCUT2D eigenvalue weighted by Gasteiger charge is 2.14. The summed E-state index contributed by atoms with van der Waals surface area (Å²) in [5, 5.41) is 0. The van der Waals surface area contributed by atoms with Crippen molar-refractivity contribution >= 4 is 9.24 Å². The van der Waals surface area contributed by atoms with E-state index in [1.807, 2.05) is 0 Å².